The number of hydrogen-bond donors (Lipinski definition) is 0. The number of aromatic nitrogens is 2. The van der Waals surface area contributed by atoms with Crippen LogP contribution in [0.4, 0.5) is 0 Å². The van der Waals surface area contributed by atoms with Crippen LogP contribution in [0.3, 0.4) is 0 Å². The maximum atomic E-state index is 5.50. The van der Waals surface area contributed by atoms with E-state index in [2.05, 4.69) is 9.97 Å². The Morgan fingerprint density at radius 2 is 1.94 bits per heavy atom. The molecule has 0 bridgehead atoms. The van der Waals surface area contributed by atoms with Crippen LogP contribution in [-0.4, -0.2) is 17.1 Å². The average Bonchev–Trinajstić information content (AvgIpc) is 2.38. The summed E-state index contributed by atoms with van der Waals surface area (Å²) < 4.78 is 10.5. The Morgan fingerprint density at radius 1 is 1.12 bits per heavy atom. The van der Waals surface area contributed by atoms with Crippen molar-refractivity contribution in [1.29, 1.82) is 0 Å². The van der Waals surface area contributed by atoms with Crippen LogP contribution < -0.4 is 9.47 Å². The molecule has 0 radical (unpaired) electrons. The van der Waals surface area contributed by atoms with Crippen molar-refractivity contribution >= 4 is 0 Å². The van der Waals surface area contributed by atoms with Crippen LogP contribution in [0.2, 0.25) is 0 Å². The Kier molecular flexibility index (Phi) is 3.33. The fourth-order valence-electron chi connectivity index (χ4n) is 1.21. The minimum Gasteiger partial charge on any atom is -0.495 e. The summed E-state index contributed by atoms with van der Waals surface area (Å²) in [5.41, 5.74) is 1.06. The van der Waals surface area contributed by atoms with Crippen molar-refractivity contribution in [3.63, 3.8) is 0 Å². The highest BCUT2D eigenvalue weighted by Crippen LogP contribution is 2.14. The van der Waals surface area contributed by atoms with Gasteiger partial charge in [0.05, 0.1) is 13.3 Å². The van der Waals surface area contributed by atoms with Gasteiger partial charge in [-0.3, -0.25) is 4.98 Å². The van der Waals surface area contributed by atoms with Crippen LogP contribution in [0.25, 0.3) is 0 Å². The van der Waals surface area contributed by atoms with Gasteiger partial charge in [-0.25, -0.2) is 4.98 Å². The summed E-state index contributed by atoms with van der Waals surface area (Å²) in [6.07, 6.45) is 5.10. The Bertz CT molecular complexity index is 429. The summed E-state index contributed by atoms with van der Waals surface area (Å²) in [6.45, 7) is 0.488. The summed E-state index contributed by atoms with van der Waals surface area (Å²) in [5, 5.41) is 0. The van der Waals surface area contributed by atoms with Gasteiger partial charge >= 0.3 is 0 Å². The van der Waals surface area contributed by atoms with Crippen LogP contribution in [0.1, 0.15) is 5.56 Å². The maximum Gasteiger partial charge on any atom is 0.213 e. The minimum atomic E-state index is 0.488. The van der Waals surface area contributed by atoms with Gasteiger partial charge in [0.15, 0.2) is 0 Å². The topological polar surface area (TPSA) is 44.2 Å². The minimum absolute atomic E-state index is 0.488. The fourth-order valence-corrected chi connectivity index (χ4v) is 1.21. The van der Waals surface area contributed by atoms with Crippen molar-refractivity contribution in [3.8, 4) is 11.6 Å². The maximum absolute atomic E-state index is 5.50. The molecule has 0 aliphatic carbocycles. The van der Waals surface area contributed by atoms with E-state index in [0.29, 0.717) is 12.5 Å². The van der Waals surface area contributed by atoms with Crippen molar-refractivity contribution in [1.82, 2.24) is 9.97 Å². The first-order valence-electron chi connectivity index (χ1n) is 4.90. The number of hydrogen-bond acceptors (Lipinski definition) is 4. The number of ether oxygens (including phenoxy) is 2. The highest BCUT2D eigenvalue weighted by molar-refractivity contribution is 5.23. The lowest BCUT2D eigenvalue weighted by atomic mass is 10.3. The third-order valence-corrected chi connectivity index (χ3v) is 2.08. The van der Waals surface area contributed by atoms with E-state index in [1.165, 1.54) is 0 Å². The van der Waals surface area contributed by atoms with Crippen molar-refractivity contribution in [2.24, 2.45) is 0 Å². The van der Waals surface area contributed by atoms with E-state index in [-0.39, 0.29) is 0 Å². The standard InChI is InChI=1S/C12H12N2O2/c1-15-11-2-3-12(14-8-11)16-9-10-4-6-13-7-5-10/h2-8H,9H2,1H3. The largest absolute Gasteiger partial charge is 0.495 e. The van der Waals surface area contributed by atoms with Gasteiger partial charge in [0.25, 0.3) is 0 Å². The number of pyridine rings is 2. The van der Waals surface area contributed by atoms with E-state index in [0.717, 1.165) is 11.3 Å². The molecule has 0 aliphatic heterocycles. The van der Waals surface area contributed by atoms with Crippen LogP contribution in [0.5, 0.6) is 11.6 Å². The summed E-state index contributed by atoms with van der Waals surface area (Å²) in [7, 11) is 1.61. The molecule has 0 saturated carbocycles. The van der Waals surface area contributed by atoms with Crippen LogP contribution in [0, 0.1) is 0 Å². The number of methoxy groups -OCH3 is 1. The normalized spacial score (nSPS) is 9.81. The molecule has 0 aromatic carbocycles. The second-order valence-electron chi connectivity index (χ2n) is 3.18. The zero-order valence-electron chi connectivity index (χ0n) is 8.96. The van der Waals surface area contributed by atoms with Gasteiger partial charge in [0.2, 0.25) is 5.88 Å². The van der Waals surface area contributed by atoms with E-state index in [1.54, 1.807) is 31.8 Å². The Morgan fingerprint density at radius 3 is 2.56 bits per heavy atom. The zero-order chi connectivity index (χ0) is 11.2. The second-order valence-corrected chi connectivity index (χ2v) is 3.18. The van der Waals surface area contributed by atoms with Crippen molar-refractivity contribution in [3.05, 3.63) is 48.4 Å². The summed E-state index contributed by atoms with van der Waals surface area (Å²) in [4.78, 5) is 8.04. The van der Waals surface area contributed by atoms with Gasteiger partial charge in [-0.1, -0.05) is 0 Å². The van der Waals surface area contributed by atoms with E-state index >= 15 is 0 Å². The molecule has 0 atom stereocenters. The van der Waals surface area contributed by atoms with E-state index in [1.807, 2.05) is 18.2 Å². The molecule has 0 fully saturated rings. The Hall–Kier alpha value is -2.10. The fraction of sp³-hybridized carbons (Fsp3) is 0.167. The molecule has 0 aliphatic rings. The smallest absolute Gasteiger partial charge is 0.213 e. The molecule has 2 heterocycles. The Labute approximate surface area is 93.9 Å². The molecule has 82 valence electrons. The van der Waals surface area contributed by atoms with Gasteiger partial charge < -0.3 is 9.47 Å². The van der Waals surface area contributed by atoms with Gasteiger partial charge in [-0.15, -0.1) is 0 Å². The van der Waals surface area contributed by atoms with Crippen molar-refractivity contribution in [2.75, 3.05) is 7.11 Å². The third kappa shape index (κ3) is 2.70. The van der Waals surface area contributed by atoms with Crippen LogP contribution in [0.15, 0.2) is 42.9 Å². The predicted molar refractivity (Wildman–Crippen MR) is 59.4 cm³/mol. The van der Waals surface area contributed by atoms with Gasteiger partial charge in [0, 0.05) is 18.5 Å². The molecule has 0 amide bonds. The molecule has 0 saturated heterocycles. The molecule has 0 unspecified atom stereocenters. The molecule has 2 rings (SSSR count). The summed E-state index contributed by atoms with van der Waals surface area (Å²) in [6, 6.07) is 7.40. The lowest BCUT2D eigenvalue weighted by Crippen LogP contribution is -1.97. The lowest BCUT2D eigenvalue weighted by Gasteiger charge is -2.05. The molecule has 0 spiro atoms. The monoisotopic (exact) mass is 216 g/mol. The first-order chi connectivity index (χ1) is 7.88. The molecule has 4 nitrogen and oxygen atoms in total. The molecule has 2 aromatic rings. The molecule has 4 heteroatoms. The zero-order valence-corrected chi connectivity index (χ0v) is 8.96. The van der Waals surface area contributed by atoms with Crippen LogP contribution in [-0.2, 0) is 6.61 Å². The highest BCUT2D eigenvalue weighted by atomic mass is 16.5. The molecular formula is C12H12N2O2. The van der Waals surface area contributed by atoms with Crippen LogP contribution >= 0.6 is 0 Å². The summed E-state index contributed by atoms with van der Waals surface area (Å²) in [5.74, 6) is 1.30. The molecule has 16 heavy (non-hydrogen) atoms. The SMILES string of the molecule is COc1ccc(OCc2ccncc2)nc1. The highest BCUT2D eigenvalue weighted by Gasteiger charge is 1.97. The Balaban J connectivity index is 1.94. The van der Waals surface area contributed by atoms with Gasteiger partial charge in [0.1, 0.15) is 12.4 Å². The first-order valence-corrected chi connectivity index (χ1v) is 4.90. The predicted octanol–water partition coefficient (Wildman–Crippen LogP) is 2.06. The summed E-state index contributed by atoms with van der Waals surface area (Å²) >= 11 is 0. The quantitative estimate of drug-likeness (QED) is 0.784. The first kappa shape index (κ1) is 10.4. The second kappa shape index (κ2) is 5.11. The van der Waals surface area contributed by atoms with Crippen molar-refractivity contribution < 1.29 is 9.47 Å². The van der Waals surface area contributed by atoms with E-state index < -0.39 is 0 Å². The number of nitrogens with zero attached hydrogens (tertiary/aromatic N) is 2. The van der Waals surface area contributed by atoms with E-state index in [4.69, 9.17) is 9.47 Å². The molecule has 0 N–H and O–H groups in total. The van der Waals surface area contributed by atoms with E-state index in [9.17, 15) is 0 Å². The number of rotatable bonds is 4. The average molecular weight is 216 g/mol. The van der Waals surface area contributed by atoms with Gasteiger partial charge in [-0.05, 0) is 23.8 Å². The molecular weight excluding hydrogens is 204 g/mol. The lowest BCUT2D eigenvalue weighted by molar-refractivity contribution is 0.292. The third-order valence-electron chi connectivity index (χ3n) is 2.08. The van der Waals surface area contributed by atoms with Gasteiger partial charge in [-0.2, -0.15) is 0 Å². The van der Waals surface area contributed by atoms with Crippen molar-refractivity contribution in [2.45, 2.75) is 6.61 Å². The molecule has 2 aromatic heterocycles.